The number of allylic oxidation sites excluding steroid dienone is 1. The molecule has 0 unspecified atom stereocenters. The molecule has 0 saturated carbocycles. The summed E-state index contributed by atoms with van der Waals surface area (Å²) in [4.78, 5) is 3.20. The minimum atomic E-state index is -4.34. The predicted molar refractivity (Wildman–Crippen MR) is 37.5 cm³/mol. The van der Waals surface area contributed by atoms with E-state index in [-0.39, 0.29) is 11.4 Å². The van der Waals surface area contributed by atoms with Crippen LogP contribution in [-0.2, 0) is 0 Å². The molecule has 11 heavy (non-hydrogen) atoms. The van der Waals surface area contributed by atoms with E-state index in [1.807, 2.05) is 0 Å². The number of nitrogens with one attached hydrogen (secondary N) is 1. The molecule has 0 rings (SSSR count). The monoisotopic (exact) mass is 186 g/mol. The molecule has 0 aromatic heterocycles. The van der Waals surface area contributed by atoms with Crippen LogP contribution < -0.4 is 5.32 Å². The molecule has 0 aliphatic carbocycles. The lowest BCUT2D eigenvalue weighted by Crippen LogP contribution is -2.10. The van der Waals surface area contributed by atoms with E-state index < -0.39 is 6.18 Å². The van der Waals surface area contributed by atoms with Crippen molar-refractivity contribution in [2.75, 3.05) is 7.05 Å². The van der Waals surface area contributed by atoms with Crippen molar-refractivity contribution in [3.8, 4) is 0 Å². The molecule has 0 bridgehead atoms. The van der Waals surface area contributed by atoms with E-state index in [1.54, 1.807) is 0 Å². The first kappa shape index (κ1) is 10.3. The lowest BCUT2D eigenvalue weighted by Gasteiger charge is -1.95. The summed E-state index contributed by atoms with van der Waals surface area (Å²) in [7, 11) is 1.45. The molecule has 6 heteroatoms. The minimum Gasteiger partial charge on any atom is -0.363 e. The number of rotatable bonds is 1. The fourth-order valence-electron chi connectivity index (χ4n) is 0.252. The van der Waals surface area contributed by atoms with E-state index >= 15 is 0 Å². The molecule has 0 aliphatic heterocycles. The van der Waals surface area contributed by atoms with E-state index in [9.17, 15) is 13.2 Å². The normalized spacial score (nSPS) is 14.1. The summed E-state index contributed by atoms with van der Waals surface area (Å²) in [5.41, 5.74) is 0. The van der Waals surface area contributed by atoms with Gasteiger partial charge in [0.05, 0.1) is 0 Å². The van der Waals surface area contributed by atoms with E-state index in [0.717, 1.165) is 0 Å². The van der Waals surface area contributed by atoms with Gasteiger partial charge in [0, 0.05) is 19.3 Å². The first-order valence-electron chi connectivity index (χ1n) is 2.61. The quantitative estimate of drug-likeness (QED) is 0.377. The minimum absolute atomic E-state index is 0.00722. The molecule has 0 atom stereocenters. The average Bonchev–Trinajstić information content (AvgIpc) is 1.85. The zero-order valence-electron chi connectivity index (χ0n) is 5.61. The molecule has 0 amide bonds. The third kappa shape index (κ3) is 7.18. The van der Waals surface area contributed by atoms with Gasteiger partial charge < -0.3 is 5.32 Å². The molecule has 0 aromatic carbocycles. The molecule has 0 spiro atoms. The van der Waals surface area contributed by atoms with Crippen LogP contribution in [0, 0.1) is 0 Å². The number of hydrogen-bond acceptors (Lipinski definition) is 1. The van der Waals surface area contributed by atoms with E-state index in [4.69, 9.17) is 11.6 Å². The van der Waals surface area contributed by atoms with Crippen molar-refractivity contribution in [2.24, 2.45) is 4.99 Å². The van der Waals surface area contributed by atoms with Crippen molar-refractivity contribution < 1.29 is 13.2 Å². The molecule has 0 fully saturated rings. The maximum atomic E-state index is 11.4. The SMILES string of the molecule is CN/C(Cl)=N\C=C\C(F)(F)F. The Balaban J connectivity index is 3.96. The Hall–Kier alpha value is -0.710. The van der Waals surface area contributed by atoms with Crippen LogP contribution in [0.5, 0.6) is 0 Å². The number of aliphatic imine (C=N–C) groups is 1. The molecule has 0 aromatic rings. The van der Waals surface area contributed by atoms with Gasteiger partial charge in [0.25, 0.3) is 0 Å². The van der Waals surface area contributed by atoms with Gasteiger partial charge in [-0.15, -0.1) is 0 Å². The van der Waals surface area contributed by atoms with Crippen LogP contribution in [0.1, 0.15) is 0 Å². The van der Waals surface area contributed by atoms with Gasteiger partial charge in [0.15, 0.2) is 5.29 Å². The highest BCUT2D eigenvalue weighted by Gasteiger charge is 2.21. The average molecular weight is 187 g/mol. The second kappa shape index (κ2) is 4.23. The molecule has 64 valence electrons. The Morgan fingerprint density at radius 3 is 2.45 bits per heavy atom. The van der Waals surface area contributed by atoms with Gasteiger partial charge in [-0.05, 0) is 11.6 Å². The number of halogens is 4. The topological polar surface area (TPSA) is 24.4 Å². The van der Waals surface area contributed by atoms with Gasteiger partial charge in [-0.1, -0.05) is 0 Å². The third-order valence-corrected chi connectivity index (χ3v) is 0.944. The highest BCUT2D eigenvalue weighted by molar-refractivity contribution is 6.64. The van der Waals surface area contributed by atoms with Crippen LogP contribution >= 0.6 is 11.6 Å². The maximum Gasteiger partial charge on any atom is 0.411 e. The summed E-state index contributed by atoms with van der Waals surface area (Å²) in [5, 5.41) is 2.26. The van der Waals surface area contributed by atoms with E-state index in [2.05, 4.69) is 10.3 Å². The highest BCUT2D eigenvalue weighted by Crippen LogP contribution is 2.15. The van der Waals surface area contributed by atoms with Crippen LogP contribution in [0.15, 0.2) is 17.3 Å². The first-order valence-corrected chi connectivity index (χ1v) is 2.99. The van der Waals surface area contributed by atoms with Gasteiger partial charge in [-0.3, -0.25) is 0 Å². The van der Waals surface area contributed by atoms with Crippen LogP contribution in [-0.4, -0.2) is 18.5 Å². The Labute approximate surface area is 66.8 Å². The van der Waals surface area contributed by atoms with Gasteiger partial charge in [-0.2, -0.15) is 13.2 Å². The third-order valence-electron chi connectivity index (χ3n) is 0.658. The van der Waals surface area contributed by atoms with Crippen molar-refractivity contribution in [3.63, 3.8) is 0 Å². The van der Waals surface area contributed by atoms with E-state index in [1.165, 1.54) is 7.05 Å². The summed E-state index contributed by atoms with van der Waals surface area (Å²) in [6, 6.07) is 0. The predicted octanol–water partition coefficient (Wildman–Crippen LogP) is 1.88. The van der Waals surface area contributed by atoms with Crippen molar-refractivity contribution in [3.05, 3.63) is 12.3 Å². The van der Waals surface area contributed by atoms with Crippen LogP contribution in [0.2, 0.25) is 0 Å². The summed E-state index contributed by atoms with van der Waals surface area (Å²) in [6.07, 6.45) is -3.76. The van der Waals surface area contributed by atoms with Gasteiger partial charge >= 0.3 is 6.18 Å². The van der Waals surface area contributed by atoms with Crippen molar-refractivity contribution in [1.29, 1.82) is 0 Å². The number of hydrogen-bond donors (Lipinski definition) is 1. The molecule has 1 N–H and O–H groups in total. The number of amidine groups is 1. The summed E-state index contributed by atoms with van der Waals surface area (Å²) in [5.74, 6) is 0. The molecule has 0 aliphatic rings. The van der Waals surface area contributed by atoms with Crippen molar-refractivity contribution in [1.82, 2.24) is 5.32 Å². The zero-order valence-corrected chi connectivity index (χ0v) is 6.37. The maximum absolute atomic E-state index is 11.4. The molecule has 0 radical (unpaired) electrons. The van der Waals surface area contributed by atoms with Crippen molar-refractivity contribution >= 4 is 16.9 Å². The molecule has 0 heterocycles. The number of nitrogens with zero attached hydrogens (tertiary/aromatic N) is 1. The Bertz CT molecular complexity index is 173. The first-order chi connectivity index (χ1) is 4.95. The fraction of sp³-hybridized carbons (Fsp3) is 0.400. The van der Waals surface area contributed by atoms with Crippen molar-refractivity contribution in [2.45, 2.75) is 6.18 Å². The number of alkyl halides is 3. The Kier molecular flexibility index (Phi) is 3.95. The standard InChI is InChI=1S/C5H6ClF3N2/c1-10-4(6)11-3-2-5(7,8)9/h2-3H,1H3,(H,10,11)/b3-2+. The largest absolute Gasteiger partial charge is 0.411 e. The fourth-order valence-corrected chi connectivity index (χ4v) is 0.308. The Morgan fingerprint density at radius 2 is 2.09 bits per heavy atom. The molecular formula is C5H6ClF3N2. The second-order valence-corrected chi connectivity index (χ2v) is 1.89. The van der Waals surface area contributed by atoms with E-state index in [0.29, 0.717) is 6.20 Å². The smallest absolute Gasteiger partial charge is 0.363 e. The Morgan fingerprint density at radius 1 is 1.55 bits per heavy atom. The van der Waals surface area contributed by atoms with Crippen LogP contribution in [0.25, 0.3) is 0 Å². The molecular weight excluding hydrogens is 181 g/mol. The molecule has 0 saturated heterocycles. The summed E-state index contributed by atoms with van der Waals surface area (Å²) in [6.45, 7) is 0. The van der Waals surface area contributed by atoms with Gasteiger partial charge in [0.1, 0.15) is 0 Å². The zero-order chi connectivity index (χ0) is 8.91. The van der Waals surface area contributed by atoms with Crippen LogP contribution in [0.3, 0.4) is 0 Å². The molecule has 2 nitrogen and oxygen atoms in total. The second-order valence-electron chi connectivity index (χ2n) is 1.53. The van der Waals surface area contributed by atoms with Gasteiger partial charge in [0.2, 0.25) is 0 Å². The highest BCUT2D eigenvalue weighted by atomic mass is 35.5. The summed E-state index contributed by atoms with van der Waals surface area (Å²) >= 11 is 5.21. The van der Waals surface area contributed by atoms with Crippen LogP contribution in [0.4, 0.5) is 13.2 Å². The lowest BCUT2D eigenvalue weighted by atomic mass is 10.6. The lowest BCUT2D eigenvalue weighted by molar-refractivity contribution is -0.0799. The van der Waals surface area contributed by atoms with Gasteiger partial charge in [-0.25, -0.2) is 4.99 Å². The summed E-state index contributed by atoms with van der Waals surface area (Å²) < 4.78 is 34.2.